The Hall–Kier alpha value is -1.61. The number of hydrogen-bond donors (Lipinski definition) is 0. The average Bonchev–Trinajstić information content (AvgIpc) is 3.96. The molecule has 0 atom stereocenters. The quantitative estimate of drug-likeness (QED) is 0.0926. The summed E-state index contributed by atoms with van der Waals surface area (Å²) in [6.45, 7) is 80.1. The Morgan fingerprint density at radius 2 is 0.540 bits per heavy atom. The van der Waals surface area contributed by atoms with Crippen LogP contribution in [0.4, 0.5) is 0 Å². The first-order valence-electron chi connectivity index (χ1n) is 14.1. The zero-order valence-corrected chi connectivity index (χ0v) is 47.3. The topological polar surface area (TPSA) is 312 Å². The van der Waals surface area contributed by atoms with E-state index in [0.717, 1.165) is 13.2 Å². The molecule has 19 nitrogen and oxygen atoms in total. The zero-order valence-electron chi connectivity index (χ0n) is 38.3. The molecule has 0 N–H and O–H groups in total. The van der Waals surface area contributed by atoms with Crippen LogP contribution in [0.25, 0.3) is 0 Å². The van der Waals surface area contributed by atoms with E-state index in [1.54, 1.807) is 38.7 Å². The summed E-state index contributed by atoms with van der Waals surface area (Å²) in [6.07, 6.45) is 9.57. The SMILES string of the molecule is C1CCOC1.CC(C)N=CC=NC(C)C.CC(C)N=CC=NC(C)C.[C-]#[O+].[C-]#[O+].[C-]#[O+].[C-]#[O+].[C-]#[O+].[CH-]=O.[CH-]=O.[CH-]=O.[CH-]=O.[CH-]=O.[CH-]=O.[CH-]=O.[CH-]=O.[CH-]=O.[CH2-]C.[CH2-]C.[H-].[Mn].[Mn].[Na+].[Ru+3].[Ru+3][I]. The van der Waals surface area contributed by atoms with Crippen LogP contribution in [0.5, 0.6) is 0 Å². The molecule has 0 aromatic heterocycles. The van der Waals surface area contributed by atoms with Gasteiger partial charge < -0.3 is 63.2 Å². The summed E-state index contributed by atoms with van der Waals surface area (Å²) in [5.74, 6) is 0. The van der Waals surface area contributed by atoms with Crippen molar-refractivity contribution in [2.75, 3.05) is 13.2 Å². The van der Waals surface area contributed by atoms with Crippen molar-refractivity contribution in [1.29, 1.82) is 0 Å². The molecule has 0 saturated carbocycles. The minimum absolute atomic E-state index is 0. The Balaban J connectivity index is -0.0000000126. The molecule has 1 saturated heterocycles. The van der Waals surface area contributed by atoms with Gasteiger partial charge in [0.05, 0.1) is 0 Å². The number of rotatable bonds is 6. The summed E-state index contributed by atoms with van der Waals surface area (Å²) < 4.78 is 42.4. The first-order valence-corrected chi connectivity index (χ1v) is 19.3. The number of ether oxygens (including phenoxy) is 1. The molecule has 1 aliphatic rings. The summed E-state index contributed by atoms with van der Waals surface area (Å²) in [4.78, 5) is 86.2. The molecule has 0 aliphatic carbocycles. The van der Waals surface area contributed by atoms with Gasteiger partial charge in [-0.2, -0.15) is 13.8 Å². The van der Waals surface area contributed by atoms with Crippen molar-refractivity contribution in [3.8, 4) is 0 Å². The number of halogens is 1. The minimum atomic E-state index is 0. The number of carbonyl (C=O) groups excluding carboxylic acids is 9. The third-order valence-corrected chi connectivity index (χ3v) is 2.50. The van der Waals surface area contributed by atoms with Crippen LogP contribution in [-0.2, 0) is 140 Å². The molecule has 25 heteroatoms. The van der Waals surface area contributed by atoms with Crippen LogP contribution >= 0.6 is 19.8 Å². The Labute approximate surface area is 458 Å². The van der Waals surface area contributed by atoms with Crippen LogP contribution in [-0.4, -0.2) is 123 Å². The molecule has 1 fully saturated rings. The molecule has 365 valence electrons. The fraction of sp³-hybridized carbons (Fsp3) is 0.474. The third-order valence-electron chi connectivity index (χ3n) is 2.50. The van der Waals surface area contributed by atoms with Crippen LogP contribution in [0.2, 0.25) is 0 Å². The van der Waals surface area contributed by atoms with Gasteiger partial charge in [-0.05, 0) is 68.2 Å². The number of hydrogen-bond acceptors (Lipinski definition) is 14. The second kappa shape index (κ2) is 389. The van der Waals surface area contributed by atoms with Crippen molar-refractivity contribution in [2.45, 2.75) is 106 Å². The molecule has 63 heavy (non-hydrogen) atoms. The van der Waals surface area contributed by atoms with E-state index in [9.17, 15) is 0 Å². The molecule has 0 unspecified atom stereocenters. The van der Waals surface area contributed by atoms with Gasteiger partial charge in [-0.15, -0.1) is 0 Å². The van der Waals surface area contributed by atoms with Crippen LogP contribution < -0.4 is 29.6 Å². The molecule has 0 spiro atoms. The Morgan fingerprint density at radius 1 is 0.444 bits per heavy atom. The molecule has 3 radical (unpaired) electrons. The number of aliphatic imine (C=N–C) groups is 4. The van der Waals surface area contributed by atoms with Crippen molar-refractivity contribution in [3.63, 3.8) is 0 Å². The van der Waals surface area contributed by atoms with E-state index in [0.29, 0.717) is 24.2 Å². The molecule has 1 rings (SSSR count). The van der Waals surface area contributed by atoms with Gasteiger partial charge in [-0.1, -0.05) is 0 Å². The standard InChI is InChI=1S/2C8H16N2.C4H8O.2C2H5.9CHO.5CO.HI.2Mn.Na.2Ru.H/c2*1-7(2)9-5-6-10-8(3)4;1-2-4-5-3-1;16*1-2;;;;;;;/h2*5-8H,1-4H3;1-4H2;2*1H2,2H3;9*1H;;;;;;1H;;;;;;/q;;;11*-1;;;;;;;;;+1;+3;+4;-1/p-1. The van der Waals surface area contributed by atoms with Gasteiger partial charge >= 0.3 is 140 Å². The van der Waals surface area contributed by atoms with Gasteiger partial charge in [0.15, 0.2) is 0 Å². The van der Waals surface area contributed by atoms with Gasteiger partial charge in [0.25, 0.3) is 0 Å². The molecule has 0 amide bonds. The van der Waals surface area contributed by atoms with E-state index < -0.39 is 0 Å². The van der Waals surface area contributed by atoms with E-state index in [1.807, 2.05) is 55.4 Å². The fourth-order valence-electron chi connectivity index (χ4n) is 1.35. The first kappa shape index (κ1) is 152. The van der Waals surface area contributed by atoms with Crippen LogP contribution in [0.3, 0.4) is 0 Å². The predicted molar refractivity (Wildman–Crippen MR) is 232 cm³/mol. The van der Waals surface area contributed by atoms with Crippen molar-refractivity contribution in [3.05, 3.63) is 47.1 Å². The van der Waals surface area contributed by atoms with Crippen molar-refractivity contribution < 1.29 is 171 Å². The van der Waals surface area contributed by atoms with E-state index >= 15 is 0 Å². The van der Waals surface area contributed by atoms with E-state index in [4.69, 9.17) is 71.1 Å². The van der Waals surface area contributed by atoms with Gasteiger partial charge in [0.2, 0.25) is 0 Å². The molecular formula is C38H60IMn2N4NaO15Ru2-5. The summed E-state index contributed by atoms with van der Waals surface area (Å²) in [7, 11) is 0. The van der Waals surface area contributed by atoms with Gasteiger partial charge in [-0.3, -0.25) is 81.1 Å². The summed E-state index contributed by atoms with van der Waals surface area (Å²) in [6, 6.07) is 1.49. The predicted octanol–water partition coefficient (Wildman–Crippen LogP) is 1.70. The monoisotopic (exact) mass is 1280 g/mol. The maximum absolute atomic E-state index is 7.75. The molecule has 1 heterocycles. The second-order valence-electron chi connectivity index (χ2n) is 6.89. The van der Waals surface area contributed by atoms with Crippen LogP contribution in [0.15, 0.2) is 20.0 Å². The van der Waals surface area contributed by atoms with Crippen LogP contribution in [0.1, 0.15) is 83.5 Å². The fourth-order valence-corrected chi connectivity index (χ4v) is 1.35. The Bertz CT molecular complexity index is 651. The maximum atomic E-state index is 7.75. The van der Waals surface area contributed by atoms with E-state index in [2.05, 4.69) is 163 Å². The zero-order chi connectivity index (χ0) is 53.5. The molecule has 0 aromatic carbocycles. The molecular weight excluding hydrogens is 1210 g/mol. The van der Waals surface area contributed by atoms with Crippen LogP contribution in [0, 0.1) is 47.1 Å². The average molecular weight is 1270 g/mol. The van der Waals surface area contributed by atoms with Crippen molar-refractivity contribution >= 4 is 106 Å². The van der Waals surface area contributed by atoms with Gasteiger partial charge in [-0.25, -0.2) is 0 Å². The summed E-state index contributed by atoms with van der Waals surface area (Å²) in [5, 5.41) is 0. The first-order chi connectivity index (χ1) is 28.8. The van der Waals surface area contributed by atoms with E-state index in [1.165, 1.54) is 12.8 Å². The number of nitrogens with zero attached hydrogens (tertiary/aromatic N) is 4. The summed E-state index contributed by atoms with van der Waals surface area (Å²) >= 11 is 4.40. The van der Waals surface area contributed by atoms with Crippen molar-refractivity contribution in [2.24, 2.45) is 20.0 Å². The second-order valence-corrected chi connectivity index (χ2v) is 6.89. The third kappa shape index (κ3) is 681. The summed E-state index contributed by atoms with van der Waals surface area (Å²) in [5.41, 5.74) is 0. The van der Waals surface area contributed by atoms with Crippen molar-refractivity contribution in [1.82, 2.24) is 0 Å². The molecule has 0 aromatic rings. The molecule has 0 bridgehead atoms. The normalized spacial score (nSPS) is 7.03. The molecule has 1 aliphatic heterocycles. The van der Waals surface area contributed by atoms with E-state index in [-0.39, 0.29) is 84.6 Å². The van der Waals surface area contributed by atoms with Gasteiger partial charge in [0.1, 0.15) is 0 Å². The Kier molecular flexibility index (Phi) is 939. The van der Waals surface area contributed by atoms with Gasteiger partial charge in [0, 0.05) is 96.4 Å². The Morgan fingerprint density at radius 3 is 0.587 bits per heavy atom.